The first-order valence-corrected chi connectivity index (χ1v) is 8.71. The summed E-state index contributed by atoms with van der Waals surface area (Å²) in [6.07, 6.45) is 3.29. The normalized spacial score (nSPS) is 19.6. The van der Waals surface area contributed by atoms with Gasteiger partial charge in [-0.05, 0) is 18.6 Å². The number of amides is 1. The Kier molecular flexibility index (Phi) is 6.15. The summed E-state index contributed by atoms with van der Waals surface area (Å²) < 4.78 is 12.3. The molecule has 2 N–H and O–H groups in total. The summed E-state index contributed by atoms with van der Waals surface area (Å²) in [6, 6.07) is 5.28. The van der Waals surface area contributed by atoms with Crippen LogP contribution >= 0.6 is 0 Å². The predicted molar refractivity (Wildman–Crippen MR) is 96.2 cm³/mol. The molecule has 0 aromatic carbocycles. The van der Waals surface area contributed by atoms with E-state index in [9.17, 15) is 14.4 Å². The molecule has 144 valence electrons. The average Bonchev–Trinajstić information content (AvgIpc) is 2.68. The van der Waals surface area contributed by atoms with E-state index in [1.807, 2.05) is 18.2 Å². The first-order valence-electron chi connectivity index (χ1n) is 8.71. The molecule has 1 fully saturated rings. The summed E-state index contributed by atoms with van der Waals surface area (Å²) in [5.41, 5.74) is 0.0210. The van der Waals surface area contributed by atoms with Crippen LogP contribution in [-0.2, 0) is 34.3 Å². The van der Waals surface area contributed by atoms with Crippen molar-refractivity contribution in [2.24, 2.45) is 7.05 Å². The molecule has 3 rings (SSSR count). The number of rotatable bonds is 6. The smallest absolute Gasteiger partial charge is 0.328 e. The van der Waals surface area contributed by atoms with E-state index in [1.165, 1.54) is 13.2 Å². The Balaban J connectivity index is 1.60. The number of H-pyrrole nitrogens is 1. The van der Waals surface area contributed by atoms with Gasteiger partial charge in [0, 0.05) is 31.6 Å². The Bertz CT molecular complexity index is 893. The summed E-state index contributed by atoms with van der Waals surface area (Å²) in [5.74, 6) is -0.332. The second-order valence-corrected chi connectivity index (χ2v) is 6.37. The number of carbonyl (C=O) groups is 1. The van der Waals surface area contributed by atoms with Gasteiger partial charge in [0.2, 0.25) is 5.91 Å². The molecule has 1 amide bonds. The lowest BCUT2D eigenvalue weighted by molar-refractivity contribution is -0.126. The predicted octanol–water partition coefficient (Wildman–Crippen LogP) is -0.498. The molecule has 1 saturated heterocycles. The van der Waals surface area contributed by atoms with Gasteiger partial charge in [-0.3, -0.25) is 19.1 Å². The molecule has 0 aliphatic carbocycles. The van der Waals surface area contributed by atoms with Crippen LogP contribution in [0.2, 0.25) is 0 Å². The zero-order chi connectivity index (χ0) is 19.2. The maximum atomic E-state index is 12.4. The molecular weight excluding hydrogens is 352 g/mol. The lowest BCUT2D eigenvalue weighted by atomic mass is 10.1. The summed E-state index contributed by atoms with van der Waals surface area (Å²) in [6.45, 7) is 1.24. The number of carbonyl (C=O) groups excluding carboxylic acids is 1. The van der Waals surface area contributed by atoms with Crippen LogP contribution in [0.5, 0.6) is 0 Å². The molecule has 0 radical (unpaired) electrons. The van der Waals surface area contributed by atoms with Crippen molar-refractivity contribution in [3.63, 3.8) is 0 Å². The van der Waals surface area contributed by atoms with Crippen molar-refractivity contribution in [2.45, 2.75) is 31.6 Å². The standard InChI is InChI=1S/C18H22N4O5/c1-22-17(24)12(9-20-18(22)25)8-16(23)21-14-11-26-7-5-15(14)27-10-13-4-2-3-6-19-13/h2-4,6,9,14-15H,5,7-8,10-11H2,1H3,(H,20,25)(H,21,23)/t14-,15+/m1/s1. The summed E-state index contributed by atoms with van der Waals surface area (Å²) in [5, 5.41) is 2.87. The molecule has 0 spiro atoms. The molecule has 9 heteroatoms. The van der Waals surface area contributed by atoms with Gasteiger partial charge in [-0.25, -0.2) is 4.79 Å². The second-order valence-electron chi connectivity index (χ2n) is 6.37. The van der Waals surface area contributed by atoms with Crippen LogP contribution in [0.3, 0.4) is 0 Å². The Hall–Kier alpha value is -2.78. The maximum absolute atomic E-state index is 12.4. The Morgan fingerprint density at radius 2 is 2.30 bits per heavy atom. The molecule has 0 bridgehead atoms. The summed E-state index contributed by atoms with van der Waals surface area (Å²) >= 11 is 0. The van der Waals surface area contributed by atoms with Crippen LogP contribution in [-0.4, -0.2) is 45.8 Å². The third-order valence-corrected chi connectivity index (χ3v) is 4.42. The maximum Gasteiger partial charge on any atom is 0.328 e. The Morgan fingerprint density at radius 3 is 3.07 bits per heavy atom. The van der Waals surface area contributed by atoms with Crippen molar-refractivity contribution in [1.82, 2.24) is 19.9 Å². The van der Waals surface area contributed by atoms with Crippen LogP contribution in [0.15, 0.2) is 40.2 Å². The number of hydrogen-bond donors (Lipinski definition) is 2. The summed E-state index contributed by atoms with van der Waals surface area (Å²) in [4.78, 5) is 42.5. The number of ether oxygens (including phenoxy) is 2. The SMILES string of the molecule is Cn1c(=O)[nH]cc(CC(=O)N[C@@H]2COCC[C@@H]2OCc2ccccn2)c1=O. The summed E-state index contributed by atoms with van der Waals surface area (Å²) in [7, 11) is 1.36. The fourth-order valence-corrected chi connectivity index (χ4v) is 2.90. The lowest BCUT2D eigenvalue weighted by Crippen LogP contribution is -2.51. The second kappa shape index (κ2) is 8.74. The van der Waals surface area contributed by atoms with Gasteiger partial charge in [0.05, 0.1) is 37.5 Å². The zero-order valence-electron chi connectivity index (χ0n) is 15.0. The van der Waals surface area contributed by atoms with Gasteiger partial charge in [0.1, 0.15) is 0 Å². The quantitative estimate of drug-likeness (QED) is 0.704. The van der Waals surface area contributed by atoms with Crippen molar-refractivity contribution in [3.05, 3.63) is 62.7 Å². The van der Waals surface area contributed by atoms with Crippen LogP contribution in [0, 0.1) is 0 Å². The van der Waals surface area contributed by atoms with Crippen LogP contribution < -0.4 is 16.6 Å². The number of pyridine rings is 1. The molecule has 27 heavy (non-hydrogen) atoms. The largest absolute Gasteiger partial charge is 0.379 e. The fraction of sp³-hybridized carbons (Fsp3) is 0.444. The molecule has 2 atom stereocenters. The molecule has 9 nitrogen and oxygen atoms in total. The monoisotopic (exact) mass is 374 g/mol. The third-order valence-electron chi connectivity index (χ3n) is 4.42. The number of nitrogens with zero attached hydrogens (tertiary/aromatic N) is 2. The van der Waals surface area contributed by atoms with Crippen molar-refractivity contribution < 1.29 is 14.3 Å². The molecule has 0 unspecified atom stereocenters. The van der Waals surface area contributed by atoms with Crippen molar-refractivity contribution in [1.29, 1.82) is 0 Å². The molecule has 0 saturated carbocycles. The Morgan fingerprint density at radius 1 is 1.44 bits per heavy atom. The molecule has 1 aliphatic rings. The van der Waals surface area contributed by atoms with Gasteiger partial charge in [-0.1, -0.05) is 6.07 Å². The number of aromatic amines is 1. The van der Waals surface area contributed by atoms with E-state index in [0.29, 0.717) is 26.2 Å². The number of aromatic nitrogens is 3. The lowest BCUT2D eigenvalue weighted by Gasteiger charge is -2.32. The van der Waals surface area contributed by atoms with E-state index >= 15 is 0 Å². The van der Waals surface area contributed by atoms with E-state index < -0.39 is 11.2 Å². The van der Waals surface area contributed by atoms with Gasteiger partial charge >= 0.3 is 5.69 Å². The highest BCUT2D eigenvalue weighted by Gasteiger charge is 2.28. The van der Waals surface area contributed by atoms with Gasteiger partial charge < -0.3 is 19.8 Å². The number of hydrogen-bond acceptors (Lipinski definition) is 6. The zero-order valence-corrected chi connectivity index (χ0v) is 15.0. The van der Waals surface area contributed by atoms with Crippen molar-refractivity contribution >= 4 is 5.91 Å². The van der Waals surface area contributed by atoms with Gasteiger partial charge in [0.15, 0.2) is 0 Å². The van der Waals surface area contributed by atoms with E-state index in [2.05, 4.69) is 15.3 Å². The Labute approximate surface area is 155 Å². The minimum Gasteiger partial charge on any atom is -0.379 e. The highest BCUT2D eigenvalue weighted by Crippen LogP contribution is 2.14. The number of nitrogens with one attached hydrogen (secondary N) is 2. The van der Waals surface area contributed by atoms with Crippen LogP contribution in [0.25, 0.3) is 0 Å². The van der Waals surface area contributed by atoms with Gasteiger partial charge in [-0.15, -0.1) is 0 Å². The topological polar surface area (TPSA) is 115 Å². The minimum absolute atomic E-state index is 0.132. The first kappa shape index (κ1) is 19.0. The third kappa shape index (κ3) is 4.89. The minimum atomic E-state index is -0.521. The van der Waals surface area contributed by atoms with Crippen molar-refractivity contribution in [2.75, 3.05) is 13.2 Å². The van der Waals surface area contributed by atoms with Gasteiger partial charge in [0.25, 0.3) is 5.56 Å². The van der Waals surface area contributed by atoms with E-state index in [1.54, 1.807) is 6.20 Å². The molecule has 2 aromatic heterocycles. The van der Waals surface area contributed by atoms with E-state index in [0.717, 1.165) is 10.3 Å². The highest BCUT2D eigenvalue weighted by atomic mass is 16.5. The van der Waals surface area contributed by atoms with Crippen LogP contribution in [0.4, 0.5) is 0 Å². The average molecular weight is 374 g/mol. The molecule has 1 aliphatic heterocycles. The van der Waals surface area contributed by atoms with Gasteiger partial charge in [-0.2, -0.15) is 0 Å². The van der Waals surface area contributed by atoms with Crippen molar-refractivity contribution in [3.8, 4) is 0 Å². The first-order chi connectivity index (χ1) is 13.0. The van der Waals surface area contributed by atoms with Crippen LogP contribution in [0.1, 0.15) is 17.7 Å². The van der Waals surface area contributed by atoms with E-state index in [-0.39, 0.29) is 30.0 Å². The highest BCUT2D eigenvalue weighted by molar-refractivity contribution is 5.78. The van der Waals surface area contributed by atoms with E-state index in [4.69, 9.17) is 9.47 Å². The fourth-order valence-electron chi connectivity index (χ4n) is 2.90. The molecule has 3 heterocycles. The molecule has 2 aromatic rings. The molecular formula is C18H22N4O5.